The molecule has 11 rings (SSSR count). The Hall–Kier alpha value is -7.89. The predicted octanol–water partition coefficient (Wildman–Crippen LogP) is 16.8. The normalized spacial score (nSPS) is 13.9. The first-order valence-electron chi connectivity index (χ1n) is 25.4. The van der Waals surface area contributed by atoms with Crippen molar-refractivity contribution >= 4 is 44.6 Å². The number of fused-ring (bicyclic) bond motifs is 4. The van der Waals surface area contributed by atoms with Crippen molar-refractivity contribution in [3.63, 3.8) is 0 Å². The van der Waals surface area contributed by atoms with Gasteiger partial charge in [0.1, 0.15) is 24.0 Å². The first-order chi connectivity index (χ1) is 34.5. The van der Waals surface area contributed by atoms with Gasteiger partial charge in [-0.15, -0.1) is 0 Å². The lowest BCUT2D eigenvalue weighted by atomic mass is 9.86. The Labute approximate surface area is 401 Å². The second-order valence-corrected chi connectivity index (χ2v) is 19.4. The molecule has 0 spiro atoms. The van der Waals surface area contributed by atoms with Crippen LogP contribution in [0.25, 0.3) is 61.0 Å². The summed E-state index contributed by atoms with van der Waals surface area (Å²) in [5.74, 6) is 2.17. The van der Waals surface area contributed by atoms with Gasteiger partial charge in [0.15, 0.2) is 0 Å². The standard InChI is InChI=1S/C62H54N4O/c1-61(2,3)46-30-27-44(28-31-46)52-24-16-23-51(43-19-11-8-12-20-43)60(52)65-41-64(56-25-13-14-26-57(56)65)48-21-15-22-49(39-48)67-50-32-33-53-54-37-45(42-17-9-7-10-18-42)29-34-55(54)66(58(53)40-50)59-38-47(35-36-63-59)62(4,5)6/h7-40H,41H2,1-6H3/i8D,11D,12D,19D,20D. The molecule has 0 radical (unpaired) electrons. The molecule has 2 aromatic heterocycles. The lowest BCUT2D eigenvalue weighted by Gasteiger charge is -2.27. The summed E-state index contributed by atoms with van der Waals surface area (Å²) in [6.45, 7) is 13.6. The molecule has 0 amide bonds. The quantitative estimate of drug-likeness (QED) is 0.152. The molecule has 0 bridgehead atoms. The molecule has 0 fully saturated rings. The SMILES string of the molecule is [2H]c1c([2H])c([2H])c(-c2cccc(-c3ccc(C(C)(C)C)cc3)c2N2CN(c3cccc(Oc4ccc5c6cc(-c7ccccc7)ccc6n(-c6cc(C(C)(C)C)ccn6)c5c4)c3)c3ccccc32)c([2H])c1[2H]. The molecule has 10 aromatic rings. The molecular weight excluding hydrogens is 817 g/mol. The fourth-order valence-corrected chi connectivity index (χ4v) is 9.41. The monoisotopic (exact) mass is 875 g/mol. The van der Waals surface area contributed by atoms with E-state index in [9.17, 15) is 0 Å². The maximum absolute atomic E-state index is 9.13. The summed E-state index contributed by atoms with van der Waals surface area (Å²) in [5.41, 5.74) is 12.6. The third-order valence-electron chi connectivity index (χ3n) is 12.9. The zero-order chi connectivity index (χ0) is 50.2. The fourth-order valence-electron chi connectivity index (χ4n) is 9.41. The van der Waals surface area contributed by atoms with Gasteiger partial charge < -0.3 is 14.5 Å². The van der Waals surface area contributed by atoms with Gasteiger partial charge in [-0.1, -0.05) is 169 Å². The van der Waals surface area contributed by atoms with E-state index in [1.54, 1.807) is 0 Å². The van der Waals surface area contributed by atoms with Crippen LogP contribution in [0, 0.1) is 0 Å². The predicted molar refractivity (Wildman–Crippen MR) is 281 cm³/mol. The number of nitrogens with zero attached hydrogens (tertiary/aromatic N) is 4. The molecule has 1 aliphatic rings. The Balaban J connectivity index is 1.00. The summed E-state index contributed by atoms with van der Waals surface area (Å²) in [4.78, 5) is 9.37. The Morgan fingerprint density at radius 2 is 1.16 bits per heavy atom. The average Bonchev–Trinajstić information content (AvgIpc) is 3.93. The number of rotatable bonds is 8. The Bertz CT molecular complexity index is 3710. The molecule has 0 saturated carbocycles. The van der Waals surface area contributed by atoms with Crippen molar-refractivity contribution in [3.8, 4) is 50.7 Å². The average molecular weight is 876 g/mol. The molecule has 5 nitrogen and oxygen atoms in total. The van der Waals surface area contributed by atoms with Crippen molar-refractivity contribution in [1.82, 2.24) is 9.55 Å². The van der Waals surface area contributed by atoms with Gasteiger partial charge in [-0.05, 0) is 105 Å². The number of ether oxygens (including phenoxy) is 1. The van der Waals surface area contributed by atoms with Crippen LogP contribution < -0.4 is 14.5 Å². The van der Waals surface area contributed by atoms with Crippen LogP contribution in [-0.4, -0.2) is 16.2 Å². The highest BCUT2D eigenvalue weighted by Crippen LogP contribution is 2.50. The third-order valence-corrected chi connectivity index (χ3v) is 12.9. The van der Waals surface area contributed by atoms with Crippen LogP contribution in [-0.2, 0) is 10.8 Å². The van der Waals surface area contributed by atoms with E-state index in [-0.39, 0.29) is 40.6 Å². The Morgan fingerprint density at radius 3 is 1.91 bits per heavy atom. The molecule has 0 N–H and O–H groups in total. The van der Waals surface area contributed by atoms with E-state index in [1.165, 1.54) is 11.1 Å². The third kappa shape index (κ3) is 7.80. The van der Waals surface area contributed by atoms with Gasteiger partial charge in [0, 0.05) is 45.9 Å². The van der Waals surface area contributed by atoms with Gasteiger partial charge in [0.25, 0.3) is 0 Å². The molecule has 0 saturated heterocycles. The smallest absolute Gasteiger partial charge is 0.137 e. The highest BCUT2D eigenvalue weighted by Gasteiger charge is 2.31. The maximum Gasteiger partial charge on any atom is 0.137 e. The minimum absolute atomic E-state index is 0.0563. The summed E-state index contributed by atoms with van der Waals surface area (Å²) in [7, 11) is 0. The molecule has 0 unspecified atom stereocenters. The van der Waals surface area contributed by atoms with Crippen LogP contribution >= 0.6 is 0 Å². The van der Waals surface area contributed by atoms with E-state index in [0.29, 0.717) is 23.7 Å². The van der Waals surface area contributed by atoms with E-state index < -0.39 is 6.04 Å². The highest BCUT2D eigenvalue weighted by molar-refractivity contribution is 6.11. The molecular formula is C62H54N4O. The van der Waals surface area contributed by atoms with Crippen LogP contribution in [0.5, 0.6) is 11.5 Å². The number of pyridine rings is 1. The minimum atomic E-state index is -0.424. The van der Waals surface area contributed by atoms with Gasteiger partial charge >= 0.3 is 0 Å². The van der Waals surface area contributed by atoms with E-state index in [0.717, 1.165) is 72.6 Å². The molecule has 328 valence electrons. The van der Waals surface area contributed by atoms with Crippen molar-refractivity contribution in [3.05, 3.63) is 217 Å². The molecule has 67 heavy (non-hydrogen) atoms. The zero-order valence-electron chi connectivity index (χ0n) is 43.6. The van der Waals surface area contributed by atoms with Crippen LogP contribution in [0.4, 0.5) is 22.7 Å². The van der Waals surface area contributed by atoms with Crippen molar-refractivity contribution in [1.29, 1.82) is 0 Å². The molecule has 5 heteroatoms. The molecule has 3 heterocycles. The van der Waals surface area contributed by atoms with E-state index in [2.05, 4.69) is 171 Å². The van der Waals surface area contributed by atoms with Crippen molar-refractivity contribution in [2.24, 2.45) is 0 Å². The number of anilines is 4. The fraction of sp³-hybridized carbons (Fsp3) is 0.145. The summed E-state index contributed by atoms with van der Waals surface area (Å²) in [6.07, 6.45) is 1.90. The second kappa shape index (κ2) is 16.5. The van der Waals surface area contributed by atoms with Crippen molar-refractivity contribution < 1.29 is 11.6 Å². The summed E-state index contributed by atoms with van der Waals surface area (Å²) in [6, 6.07) is 56.6. The number of benzene rings is 8. The lowest BCUT2D eigenvalue weighted by molar-refractivity contribution is 0.483. The van der Waals surface area contributed by atoms with E-state index >= 15 is 0 Å². The largest absolute Gasteiger partial charge is 0.457 e. The van der Waals surface area contributed by atoms with Gasteiger partial charge in [-0.3, -0.25) is 4.57 Å². The second-order valence-electron chi connectivity index (χ2n) is 19.4. The van der Waals surface area contributed by atoms with Gasteiger partial charge in [0.2, 0.25) is 0 Å². The summed E-state index contributed by atoms with van der Waals surface area (Å²) >= 11 is 0. The summed E-state index contributed by atoms with van der Waals surface area (Å²) < 4.78 is 53.0. The Kier molecular flexibility index (Phi) is 8.96. The number of hydrogen-bond donors (Lipinski definition) is 0. The first kappa shape index (κ1) is 36.3. The first-order valence-corrected chi connectivity index (χ1v) is 22.9. The highest BCUT2D eigenvalue weighted by atomic mass is 16.5. The summed E-state index contributed by atoms with van der Waals surface area (Å²) in [5, 5.41) is 2.22. The van der Waals surface area contributed by atoms with Crippen molar-refractivity contribution in [2.45, 2.75) is 52.4 Å². The molecule has 0 atom stereocenters. The topological polar surface area (TPSA) is 33.5 Å². The molecule has 1 aliphatic heterocycles. The minimum Gasteiger partial charge on any atom is -0.457 e. The van der Waals surface area contributed by atoms with E-state index in [4.69, 9.17) is 16.6 Å². The van der Waals surface area contributed by atoms with Crippen molar-refractivity contribution in [2.75, 3.05) is 16.5 Å². The lowest BCUT2D eigenvalue weighted by Crippen LogP contribution is -2.25. The number of aromatic nitrogens is 2. The van der Waals surface area contributed by atoms with Gasteiger partial charge in [-0.25, -0.2) is 4.98 Å². The molecule has 8 aromatic carbocycles. The van der Waals surface area contributed by atoms with Gasteiger partial charge in [0.05, 0.1) is 34.9 Å². The number of para-hydroxylation sites is 3. The van der Waals surface area contributed by atoms with Crippen LogP contribution in [0.1, 0.15) is 59.5 Å². The van der Waals surface area contributed by atoms with Crippen LogP contribution in [0.15, 0.2) is 206 Å². The van der Waals surface area contributed by atoms with Crippen LogP contribution in [0.2, 0.25) is 0 Å². The maximum atomic E-state index is 9.13. The zero-order valence-corrected chi connectivity index (χ0v) is 38.6. The number of hydrogen-bond acceptors (Lipinski definition) is 4. The van der Waals surface area contributed by atoms with Crippen LogP contribution in [0.3, 0.4) is 0 Å². The van der Waals surface area contributed by atoms with Gasteiger partial charge in [-0.2, -0.15) is 0 Å². The Morgan fingerprint density at radius 1 is 0.493 bits per heavy atom. The van der Waals surface area contributed by atoms with E-state index in [1.807, 2.05) is 60.8 Å². The molecule has 0 aliphatic carbocycles.